The molecule has 33 heavy (non-hydrogen) atoms. The van der Waals surface area contributed by atoms with Crippen molar-refractivity contribution < 1.29 is 19.4 Å². The number of thiazole rings is 1. The van der Waals surface area contributed by atoms with Gasteiger partial charge in [0.2, 0.25) is 0 Å². The molecule has 2 aromatic carbocycles. The number of methoxy groups -OCH3 is 1. The maximum atomic E-state index is 13.6. The van der Waals surface area contributed by atoms with E-state index in [4.69, 9.17) is 9.47 Å². The zero-order valence-electron chi connectivity index (χ0n) is 18.2. The van der Waals surface area contributed by atoms with E-state index in [0.29, 0.717) is 30.6 Å². The molecule has 0 bridgehead atoms. The van der Waals surface area contributed by atoms with Crippen LogP contribution < -0.4 is 19.6 Å². The summed E-state index contributed by atoms with van der Waals surface area (Å²) in [5.74, 6) is -0.227. The summed E-state index contributed by atoms with van der Waals surface area (Å²) < 4.78 is 12.9. The number of nitrogens with zero attached hydrogens (tertiary/aromatic N) is 2. The number of aromatic hydroxyl groups is 1. The van der Waals surface area contributed by atoms with E-state index in [0.717, 1.165) is 5.56 Å². The maximum Gasteiger partial charge on any atom is 0.338 e. The fourth-order valence-corrected chi connectivity index (χ4v) is 5.23. The predicted molar refractivity (Wildman–Crippen MR) is 129 cm³/mol. The first kappa shape index (κ1) is 23.0. The molecule has 1 aromatic heterocycles. The number of ether oxygens (including phenoxy) is 2. The molecule has 7 nitrogen and oxygen atoms in total. The minimum absolute atomic E-state index is 0.0186. The second-order valence-electron chi connectivity index (χ2n) is 7.27. The summed E-state index contributed by atoms with van der Waals surface area (Å²) in [6.45, 7) is 3.71. The van der Waals surface area contributed by atoms with Crippen LogP contribution in [0.1, 0.15) is 31.0 Å². The number of phenolic OH excluding ortho intramolecular Hbond substituents is 1. The highest BCUT2D eigenvalue weighted by atomic mass is 79.9. The Morgan fingerprint density at radius 3 is 2.70 bits per heavy atom. The quantitative estimate of drug-likeness (QED) is 0.513. The van der Waals surface area contributed by atoms with Gasteiger partial charge in [-0.05, 0) is 59.1 Å². The SMILES string of the molecule is CCOC(=O)C1=C(C)N=c2s/c(=C\c3cc(Br)c(O)c(OC)c3)c(=O)n2[C@@H]1c1ccccc1. The first-order valence-corrected chi connectivity index (χ1v) is 11.8. The number of rotatable bonds is 5. The van der Waals surface area contributed by atoms with Gasteiger partial charge in [0.05, 0.1) is 40.0 Å². The highest BCUT2D eigenvalue weighted by Gasteiger charge is 2.33. The number of esters is 1. The zero-order valence-corrected chi connectivity index (χ0v) is 20.6. The van der Waals surface area contributed by atoms with Crippen molar-refractivity contribution in [2.45, 2.75) is 19.9 Å². The molecule has 1 aliphatic heterocycles. The van der Waals surface area contributed by atoms with E-state index in [-0.39, 0.29) is 23.7 Å². The van der Waals surface area contributed by atoms with Gasteiger partial charge in [-0.3, -0.25) is 9.36 Å². The molecule has 0 saturated carbocycles. The van der Waals surface area contributed by atoms with Crippen LogP contribution in [0.15, 0.2) is 68.0 Å². The minimum atomic E-state index is -0.648. The Kier molecular flexibility index (Phi) is 6.53. The number of carbonyl (C=O) groups excluding carboxylic acids is 1. The Labute approximate surface area is 202 Å². The van der Waals surface area contributed by atoms with Crippen LogP contribution in [-0.4, -0.2) is 29.4 Å². The van der Waals surface area contributed by atoms with Crippen LogP contribution in [0.2, 0.25) is 0 Å². The summed E-state index contributed by atoms with van der Waals surface area (Å²) >= 11 is 4.54. The van der Waals surface area contributed by atoms with E-state index >= 15 is 0 Å². The Balaban J connectivity index is 1.95. The fraction of sp³-hybridized carbons (Fsp3) is 0.208. The highest BCUT2D eigenvalue weighted by molar-refractivity contribution is 9.10. The summed E-state index contributed by atoms with van der Waals surface area (Å²) in [4.78, 5) is 31.5. The van der Waals surface area contributed by atoms with Crippen molar-refractivity contribution in [3.8, 4) is 11.5 Å². The molecule has 4 rings (SSSR count). The molecule has 0 radical (unpaired) electrons. The Bertz CT molecular complexity index is 1440. The van der Waals surface area contributed by atoms with E-state index in [2.05, 4.69) is 20.9 Å². The van der Waals surface area contributed by atoms with Crippen LogP contribution in [-0.2, 0) is 9.53 Å². The lowest BCUT2D eigenvalue weighted by atomic mass is 9.96. The summed E-state index contributed by atoms with van der Waals surface area (Å²) in [5, 5.41) is 10.1. The molecule has 2 heterocycles. The van der Waals surface area contributed by atoms with Gasteiger partial charge in [0, 0.05) is 0 Å². The normalized spacial score (nSPS) is 15.8. The molecule has 1 atom stereocenters. The summed E-state index contributed by atoms with van der Waals surface area (Å²) in [7, 11) is 1.46. The molecule has 170 valence electrons. The third-order valence-electron chi connectivity index (χ3n) is 5.20. The molecule has 0 aliphatic carbocycles. The number of carbonyl (C=O) groups is 1. The van der Waals surface area contributed by atoms with Crippen molar-refractivity contribution in [1.82, 2.24) is 4.57 Å². The lowest BCUT2D eigenvalue weighted by Gasteiger charge is -2.24. The average Bonchev–Trinajstić information content (AvgIpc) is 3.10. The van der Waals surface area contributed by atoms with Gasteiger partial charge >= 0.3 is 5.97 Å². The molecule has 0 amide bonds. The van der Waals surface area contributed by atoms with Crippen LogP contribution in [0.25, 0.3) is 6.08 Å². The van der Waals surface area contributed by atoms with Crippen LogP contribution in [0.4, 0.5) is 0 Å². The van der Waals surface area contributed by atoms with Crippen molar-refractivity contribution in [1.29, 1.82) is 0 Å². The van der Waals surface area contributed by atoms with Crippen molar-refractivity contribution in [2.75, 3.05) is 13.7 Å². The molecule has 0 saturated heterocycles. The maximum absolute atomic E-state index is 13.6. The fourth-order valence-electron chi connectivity index (χ4n) is 3.73. The number of fused-ring (bicyclic) bond motifs is 1. The van der Waals surface area contributed by atoms with Crippen molar-refractivity contribution in [2.24, 2.45) is 4.99 Å². The number of phenols is 1. The van der Waals surface area contributed by atoms with Crippen LogP contribution in [0.3, 0.4) is 0 Å². The monoisotopic (exact) mass is 528 g/mol. The molecule has 0 spiro atoms. The third kappa shape index (κ3) is 4.26. The second-order valence-corrected chi connectivity index (χ2v) is 9.13. The van der Waals surface area contributed by atoms with E-state index in [9.17, 15) is 14.7 Å². The number of halogens is 1. The van der Waals surface area contributed by atoms with Gasteiger partial charge in [0.15, 0.2) is 16.3 Å². The highest BCUT2D eigenvalue weighted by Crippen LogP contribution is 2.35. The third-order valence-corrected chi connectivity index (χ3v) is 6.79. The number of benzene rings is 2. The average molecular weight is 529 g/mol. The Hall–Kier alpha value is -3.17. The van der Waals surface area contributed by atoms with Crippen LogP contribution >= 0.6 is 27.3 Å². The largest absolute Gasteiger partial charge is 0.503 e. The number of allylic oxidation sites excluding steroid dienone is 1. The standard InChI is InChI=1S/C24H21BrN2O5S/c1-4-32-23(30)19-13(2)26-24-27(20(19)15-8-6-5-7-9-15)22(29)18(33-24)12-14-10-16(25)21(28)17(11-14)31-3/h5-12,20,28H,4H2,1-3H3/b18-12-/t20-/m1/s1. The predicted octanol–water partition coefficient (Wildman–Crippen LogP) is 3.28. The van der Waals surface area contributed by atoms with Gasteiger partial charge in [0.1, 0.15) is 0 Å². The first-order valence-electron chi connectivity index (χ1n) is 10.2. The van der Waals surface area contributed by atoms with Gasteiger partial charge in [-0.15, -0.1) is 0 Å². The Morgan fingerprint density at radius 2 is 2.03 bits per heavy atom. The second kappa shape index (κ2) is 9.36. The molecule has 1 aliphatic rings. The molecule has 0 unspecified atom stereocenters. The first-order chi connectivity index (χ1) is 15.8. The molecule has 0 fully saturated rings. The van der Waals surface area contributed by atoms with E-state index in [1.807, 2.05) is 30.3 Å². The lowest BCUT2D eigenvalue weighted by Crippen LogP contribution is -2.39. The van der Waals surface area contributed by atoms with E-state index in [1.165, 1.54) is 23.0 Å². The lowest BCUT2D eigenvalue weighted by molar-refractivity contribution is -0.139. The van der Waals surface area contributed by atoms with Crippen molar-refractivity contribution >= 4 is 39.3 Å². The number of hydrogen-bond donors (Lipinski definition) is 1. The van der Waals surface area contributed by atoms with Crippen molar-refractivity contribution in [3.63, 3.8) is 0 Å². The smallest absolute Gasteiger partial charge is 0.338 e. The number of hydrogen-bond acceptors (Lipinski definition) is 7. The number of aromatic nitrogens is 1. The van der Waals surface area contributed by atoms with Gasteiger partial charge in [-0.1, -0.05) is 41.7 Å². The summed E-state index contributed by atoms with van der Waals surface area (Å²) in [5.41, 5.74) is 2.04. The molecule has 3 aromatic rings. The summed E-state index contributed by atoms with van der Waals surface area (Å²) in [6.07, 6.45) is 1.71. The summed E-state index contributed by atoms with van der Waals surface area (Å²) in [6, 6.07) is 12.0. The molecule has 9 heteroatoms. The molecular weight excluding hydrogens is 508 g/mol. The van der Waals surface area contributed by atoms with Crippen LogP contribution in [0.5, 0.6) is 11.5 Å². The van der Waals surface area contributed by atoms with E-state index in [1.54, 1.807) is 32.1 Å². The van der Waals surface area contributed by atoms with Gasteiger partial charge in [-0.25, -0.2) is 9.79 Å². The Morgan fingerprint density at radius 1 is 1.30 bits per heavy atom. The topological polar surface area (TPSA) is 90.1 Å². The van der Waals surface area contributed by atoms with Gasteiger partial charge < -0.3 is 14.6 Å². The zero-order chi connectivity index (χ0) is 23.7. The van der Waals surface area contributed by atoms with Gasteiger partial charge in [0.25, 0.3) is 5.56 Å². The van der Waals surface area contributed by atoms with E-state index < -0.39 is 12.0 Å². The van der Waals surface area contributed by atoms with Gasteiger partial charge in [-0.2, -0.15) is 0 Å². The van der Waals surface area contributed by atoms with Crippen LogP contribution in [0, 0.1) is 0 Å². The molecular formula is C24H21BrN2O5S. The molecule has 1 N–H and O–H groups in total. The van der Waals surface area contributed by atoms with Crippen molar-refractivity contribution in [3.05, 3.63) is 89.0 Å². The minimum Gasteiger partial charge on any atom is -0.503 e.